The standard InChI is InChI=1S/C19H22N6O4/c1-27-15-7-13(8-16(28-2)17(15)29-3)9-22-19(26)23-10-14-5-4-6-21-18(14)25-12-20-11-24-25/h4-8,11-12H,9-10H2,1-3H3,(H2,22,23,26). The molecule has 2 N–H and O–H groups in total. The van der Waals surface area contributed by atoms with E-state index in [1.54, 1.807) is 49.6 Å². The normalized spacial score (nSPS) is 10.3. The molecule has 0 radical (unpaired) electrons. The molecule has 0 aliphatic rings. The summed E-state index contributed by atoms with van der Waals surface area (Å²) in [4.78, 5) is 20.5. The van der Waals surface area contributed by atoms with Crippen LogP contribution >= 0.6 is 0 Å². The van der Waals surface area contributed by atoms with Gasteiger partial charge >= 0.3 is 6.03 Å². The lowest BCUT2D eigenvalue weighted by atomic mass is 10.2. The molecule has 3 aromatic rings. The Kier molecular flexibility index (Phi) is 6.46. The van der Waals surface area contributed by atoms with Gasteiger partial charge in [0.2, 0.25) is 5.75 Å². The number of methoxy groups -OCH3 is 3. The number of aromatic nitrogens is 4. The molecule has 3 rings (SSSR count). The summed E-state index contributed by atoms with van der Waals surface area (Å²) in [6.07, 6.45) is 4.64. The van der Waals surface area contributed by atoms with Gasteiger partial charge in [0.1, 0.15) is 12.7 Å². The molecule has 2 amide bonds. The van der Waals surface area contributed by atoms with Gasteiger partial charge in [-0.05, 0) is 23.8 Å². The topological polar surface area (TPSA) is 112 Å². The number of nitrogens with one attached hydrogen (secondary N) is 2. The number of pyridine rings is 1. The summed E-state index contributed by atoms with van der Waals surface area (Å²) in [6, 6.07) is 6.90. The minimum Gasteiger partial charge on any atom is -0.493 e. The Hall–Kier alpha value is -3.82. The highest BCUT2D eigenvalue weighted by atomic mass is 16.5. The molecule has 10 nitrogen and oxygen atoms in total. The number of amides is 2. The maximum absolute atomic E-state index is 12.3. The molecule has 2 aromatic heterocycles. The van der Waals surface area contributed by atoms with Gasteiger partial charge in [-0.3, -0.25) is 0 Å². The van der Waals surface area contributed by atoms with E-state index >= 15 is 0 Å². The van der Waals surface area contributed by atoms with E-state index in [2.05, 4.69) is 25.7 Å². The number of urea groups is 1. The van der Waals surface area contributed by atoms with Crippen LogP contribution in [-0.2, 0) is 13.1 Å². The van der Waals surface area contributed by atoms with Gasteiger partial charge in [-0.1, -0.05) is 6.07 Å². The fourth-order valence-electron chi connectivity index (χ4n) is 2.75. The molecule has 0 bridgehead atoms. The van der Waals surface area contributed by atoms with Crippen molar-refractivity contribution in [3.05, 3.63) is 54.2 Å². The molecule has 152 valence electrons. The molecule has 0 aliphatic heterocycles. The first-order valence-corrected chi connectivity index (χ1v) is 8.75. The van der Waals surface area contributed by atoms with Crippen LogP contribution in [0.15, 0.2) is 43.1 Å². The Morgan fingerprint density at radius 2 is 1.79 bits per heavy atom. The molecule has 0 saturated carbocycles. The van der Waals surface area contributed by atoms with Gasteiger partial charge in [0.15, 0.2) is 17.3 Å². The Labute approximate surface area is 167 Å². The lowest BCUT2D eigenvalue weighted by Crippen LogP contribution is -2.34. The van der Waals surface area contributed by atoms with Crippen molar-refractivity contribution >= 4 is 6.03 Å². The van der Waals surface area contributed by atoms with Crippen LogP contribution in [0.5, 0.6) is 17.2 Å². The molecule has 0 unspecified atom stereocenters. The molecule has 29 heavy (non-hydrogen) atoms. The van der Waals surface area contributed by atoms with Crippen molar-refractivity contribution in [2.45, 2.75) is 13.1 Å². The maximum atomic E-state index is 12.3. The van der Waals surface area contributed by atoms with Crippen LogP contribution in [0.2, 0.25) is 0 Å². The number of carbonyl (C=O) groups excluding carboxylic acids is 1. The third-order valence-electron chi connectivity index (χ3n) is 4.12. The zero-order chi connectivity index (χ0) is 20.6. The zero-order valence-corrected chi connectivity index (χ0v) is 16.4. The zero-order valence-electron chi connectivity index (χ0n) is 16.4. The summed E-state index contributed by atoms with van der Waals surface area (Å²) in [7, 11) is 4.63. The van der Waals surface area contributed by atoms with Crippen LogP contribution in [0, 0.1) is 0 Å². The summed E-state index contributed by atoms with van der Waals surface area (Å²) in [5.41, 5.74) is 1.61. The number of hydrogen-bond donors (Lipinski definition) is 2. The fraction of sp³-hybridized carbons (Fsp3) is 0.263. The largest absolute Gasteiger partial charge is 0.493 e. The molecule has 10 heteroatoms. The molecular weight excluding hydrogens is 376 g/mol. The van der Waals surface area contributed by atoms with Gasteiger partial charge in [-0.2, -0.15) is 5.10 Å². The van der Waals surface area contributed by atoms with Crippen molar-refractivity contribution in [3.63, 3.8) is 0 Å². The van der Waals surface area contributed by atoms with E-state index < -0.39 is 0 Å². The molecule has 2 heterocycles. The first kappa shape index (κ1) is 19.9. The van der Waals surface area contributed by atoms with E-state index in [0.717, 1.165) is 11.1 Å². The Bertz CT molecular complexity index is 936. The number of hydrogen-bond acceptors (Lipinski definition) is 7. The Balaban J connectivity index is 1.62. The molecular formula is C19H22N6O4. The fourth-order valence-corrected chi connectivity index (χ4v) is 2.75. The molecule has 0 atom stereocenters. The smallest absolute Gasteiger partial charge is 0.315 e. The van der Waals surface area contributed by atoms with E-state index in [1.807, 2.05) is 6.07 Å². The third kappa shape index (κ3) is 4.72. The second-order valence-corrected chi connectivity index (χ2v) is 5.90. The third-order valence-corrected chi connectivity index (χ3v) is 4.12. The summed E-state index contributed by atoms with van der Waals surface area (Å²) >= 11 is 0. The molecule has 0 saturated heterocycles. The highest BCUT2D eigenvalue weighted by molar-refractivity contribution is 5.74. The van der Waals surface area contributed by atoms with Gasteiger partial charge < -0.3 is 24.8 Å². The number of carbonyl (C=O) groups is 1. The van der Waals surface area contributed by atoms with Crippen LogP contribution in [-0.4, -0.2) is 47.1 Å². The van der Waals surface area contributed by atoms with Crippen molar-refractivity contribution in [2.75, 3.05) is 21.3 Å². The van der Waals surface area contributed by atoms with Crippen molar-refractivity contribution in [1.29, 1.82) is 0 Å². The summed E-state index contributed by atoms with van der Waals surface area (Å²) < 4.78 is 17.5. The van der Waals surface area contributed by atoms with E-state index in [9.17, 15) is 4.79 Å². The first-order valence-electron chi connectivity index (χ1n) is 8.75. The Morgan fingerprint density at radius 3 is 2.41 bits per heavy atom. The molecule has 1 aromatic carbocycles. The van der Waals surface area contributed by atoms with E-state index in [1.165, 1.54) is 13.4 Å². The summed E-state index contributed by atoms with van der Waals surface area (Å²) in [5.74, 6) is 2.16. The molecule has 0 fully saturated rings. The van der Waals surface area contributed by atoms with Crippen molar-refractivity contribution in [3.8, 4) is 23.1 Å². The average Bonchev–Trinajstić information content (AvgIpc) is 3.30. The lowest BCUT2D eigenvalue weighted by molar-refractivity contribution is 0.240. The number of benzene rings is 1. The highest BCUT2D eigenvalue weighted by Crippen LogP contribution is 2.38. The van der Waals surface area contributed by atoms with Crippen molar-refractivity contribution in [1.82, 2.24) is 30.4 Å². The predicted molar refractivity (Wildman–Crippen MR) is 104 cm³/mol. The highest BCUT2D eigenvalue weighted by Gasteiger charge is 2.14. The van der Waals surface area contributed by atoms with Gasteiger partial charge in [-0.25, -0.2) is 19.4 Å². The van der Waals surface area contributed by atoms with E-state index in [4.69, 9.17) is 14.2 Å². The Morgan fingerprint density at radius 1 is 1.07 bits per heavy atom. The predicted octanol–water partition coefficient (Wildman–Crippen LogP) is 1.69. The van der Waals surface area contributed by atoms with Gasteiger partial charge in [0, 0.05) is 24.8 Å². The van der Waals surface area contributed by atoms with E-state index in [0.29, 0.717) is 23.1 Å². The van der Waals surface area contributed by atoms with Gasteiger partial charge in [0.25, 0.3) is 0 Å². The molecule has 0 spiro atoms. The number of ether oxygens (including phenoxy) is 3. The minimum atomic E-state index is -0.327. The van der Waals surface area contributed by atoms with Crippen molar-refractivity contribution in [2.24, 2.45) is 0 Å². The van der Waals surface area contributed by atoms with Crippen LogP contribution in [0.4, 0.5) is 4.79 Å². The summed E-state index contributed by atoms with van der Waals surface area (Å²) in [5, 5.41) is 9.70. The van der Waals surface area contributed by atoms with Gasteiger partial charge in [-0.15, -0.1) is 0 Å². The number of rotatable bonds is 8. The monoisotopic (exact) mass is 398 g/mol. The van der Waals surface area contributed by atoms with E-state index in [-0.39, 0.29) is 19.1 Å². The van der Waals surface area contributed by atoms with Crippen LogP contribution < -0.4 is 24.8 Å². The second kappa shape index (κ2) is 9.40. The van der Waals surface area contributed by atoms with Crippen LogP contribution in [0.25, 0.3) is 5.82 Å². The SMILES string of the molecule is COc1cc(CNC(=O)NCc2cccnc2-n2cncn2)cc(OC)c1OC. The lowest BCUT2D eigenvalue weighted by Gasteiger charge is -2.15. The van der Waals surface area contributed by atoms with Crippen molar-refractivity contribution < 1.29 is 19.0 Å². The van der Waals surface area contributed by atoms with Crippen LogP contribution in [0.1, 0.15) is 11.1 Å². The quantitative estimate of drug-likeness (QED) is 0.594. The minimum absolute atomic E-state index is 0.282. The maximum Gasteiger partial charge on any atom is 0.315 e. The summed E-state index contributed by atoms with van der Waals surface area (Å²) in [6.45, 7) is 0.565. The van der Waals surface area contributed by atoms with Gasteiger partial charge in [0.05, 0.1) is 21.3 Å². The molecule has 0 aliphatic carbocycles. The second-order valence-electron chi connectivity index (χ2n) is 5.90. The first-order chi connectivity index (χ1) is 14.2. The average molecular weight is 398 g/mol. The number of nitrogens with zero attached hydrogens (tertiary/aromatic N) is 4. The van der Waals surface area contributed by atoms with Crippen LogP contribution in [0.3, 0.4) is 0 Å².